The van der Waals surface area contributed by atoms with Crippen molar-refractivity contribution >= 4 is 21.6 Å². The van der Waals surface area contributed by atoms with Gasteiger partial charge < -0.3 is 5.73 Å². The molecule has 2 aromatic rings. The first-order valence-electron chi connectivity index (χ1n) is 6.01. The van der Waals surface area contributed by atoms with Crippen molar-refractivity contribution in [2.24, 2.45) is 5.73 Å². The molecule has 0 aliphatic heterocycles. The van der Waals surface area contributed by atoms with E-state index in [0.29, 0.717) is 5.56 Å². The van der Waals surface area contributed by atoms with Gasteiger partial charge in [0.05, 0.1) is 5.02 Å². The van der Waals surface area contributed by atoms with Crippen LogP contribution in [-0.4, -0.2) is 13.4 Å². The number of halogens is 2. The van der Waals surface area contributed by atoms with Crippen LogP contribution in [0.25, 0.3) is 0 Å². The van der Waals surface area contributed by atoms with E-state index in [1.807, 2.05) is 0 Å². The molecule has 2 rings (SSSR count). The highest BCUT2D eigenvalue weighted by Gasteiger charge is 2.15. The van der Waals surface area contributed by atoms with Crippen molar-refractivity contribution in [3.8, 4) is 0 Å². The van der Waals surface area contributed by atoms with Gasteiger partial charge in [-0.15, -0.1) is 0 Å². The third-order valence-corrected chi connectivity index (χ3v) is 4.37. The first kappa shape index (κ1) is 15.8. The second-order valence-corrected chi connectivity index (χ2v) is 6.40. The van der Waals surface area contributed by atoms with Crippen LogP contribution in [0.15, 0.2) is 41.6 Å². The van der Waals surface area contributed by atoms with Crippen molar-refractivity contribution < 1.29 is 12.8 Å². The molecule has 0 amide bonds. The minimum absolute atomic E-state index is 0.0113. The Balaban J connectivity index is 2.11. The number of rotatable bonds is 5. The van der Waals surface area contributed by atoms with E-state index in [2.05, 4.69) is 9.71 Å². The molecule has 21 heavy (non-hydrogen) atoms. The molecule has 0 bridgehead atoms. The molecule has 0 saturated heterocycles. The van der Waals surface area contributed by atoms with Crippen molar-refractivity contribution in [2.75, 3.05) is 0 Å². The number of sulfonamides is 1. The van der Waals surface area contributed by atoms with Gasteiger partial charge in [-0.25, -0.2) is 22.5 Å². The van der Waals surface area contributed by atoms with E-state index in [1.165, 1.54) is 30.5 Å². The summed E-state index contributed by atoms with van der Waals surface area (Å²) in [6.45, 7) is 0.275. The lowest BCUT2D eigenvalue weighted by Gasteiger charge is -2.07. The summed E-state index contributed by atoms with van der Waals surface area (Å²) >= 11 is 5.64. The molecule has 0 saturated carbocycles. The van der Waals surface area contributed by atoms with Gasteiger partial charge in [0, 0.05) is 19.3 Å². The standard InChI is InChI=1S/C13H13ClFN3O2S/c14-11-5-9(1-3-12(11)15)8-18-21(19,20)13-4-2-10(6-16)7-17-13/h1-5,7,18H,6,8,16H2. The summed E-state index contributed by atoms with van der Waals surface area (Å²) in [4.78, 5) is 3.85. The van der Waals surface area contributed by atoms with E-state index < -0.39 is 15.8 Å². The smallest absolute Gasteiger partial charge is 0.258 e. The molecule has 5 nitrogen and oxygen atoms in total. The maximum absolute atomic E-state index is 13.0. The molecule has 0 aliphatic rings. The molecular weight excluding hydrogens is 317 g/mol. The van der Waals surface area contributed by atoms with Crippen molar-refractivity contribution in [1.82, 2.24) is 9.71 Å². The van der Waals surface area contributed by atoms with Gasteiger partial charge in [-0.3, -0.25) is 0 Å². The topological polar surface area (TPSA) is 85.1 Å². The highest BCUT2D eigenvalue weighted by molar-refractivity contribution is 7.89. The average Bonchev–Trinajstić information content (AvgIpc) is 2.48. The van der Waals surface area contributed by atoms with Crippen molar-refractivity contribution in [3.63, 3.8) is 0 Å². The van der Waals surface area contributed by atoms with Crippen LogP contribution in [0.4, 0.5) is 4.39 Å². The van der Waals surface area contributed by atoms with Gasteiger partial charge in [0.2, 0.25) is 0 Å². The first-order valence-corrected chi connectivity index (χ1v) is 7.87. The molecule has 0 fully saturated rings. The van der Waals surface area contributed by atoms with Gasteiger partial charge in [-0.2, -0.15) is 0 Å². The first-order chi connectivity index (χ1) is 9.92. The third-order valence-electron chi connectivity index (χ3n) is 2.76. The van der Waals surface area contributed by atoms with E-state index in [4.69, 9.17) is 17.3 Å². The van der Waals surface area contributed by atoms with Crippen molar-refractivity contribution in [1.29, 1.82) is 0 Å². The van der Waals surface area contributed by atoms with Gasteiger partial charge >= 0.3 is 0 Å². The molecule has 0 spiro atoms. The molecule has 1 heterocycles. The molecule has 1 aromatic heterocycles. The fourth-order valence-electron chi connectivity index (χ4n) is 1.59. The summed E-state index contributed by atoms with van der Waals surface area (Å²) in [6, 6.07) is 6.97. The van der Waals surface area contributed by atoms with E-state index in [0.717, 1.165) is 5.56 Å². The predicted molar refractivity (Wildman–Crippen MR) is 77.6 cm³/mol. The number of nitrogens with one attached hydrogen (secondary N) is 1. The highest BCUT2D eigenvalue weighted by atomic mass is 35.5. The number of hydrogen-bond acceptors (Lipinski definition) is 4. The predicted octanol–water partition coefficient (Wildman–Crippen LogP) is 1.81. The maximum atomic E-state index is 13.0. The lowest BCUT2D eigenvalue weighted by molar-refractivity contribution is 0.577. The molecule has 3 N–H and O–H groups in total. The molecule has 0 unspecified atom stereocenters. The number of nitrogens with two attached hydrogens (primary N) is 1. The quantitative estimate of drug-likeness (QED) is 0.876. The SMILES string of the molecule is NCc1ccc(S(=O)(=O)NCc2ccc(F)c(Cl)c2)nc1. The number of pyridine rings is 1. The summed E-state index contributed by atoms with van der Waals surface area (Å²) in [6.07, 6.45) is 1.41. The molecule has 0 atom stereocenters. The Kier molecular flexibility index (Phi) is 4.89. The van der Waals surface area contributed by atoms with Crippen LogP contribution in [0.2, 0.25) is 5.02 Å². The fraction of sp³-hybridized carbons (Fsp3) is 0.154. The second-order valence-electron chi connectivity index (χ2n) is 4.28. The minimum Gasteiger partial charge on any atom is -0.326 e. The summed E-state index contributed by atoms with van der Waals surface area (Å²) in [7, 11) is -3.75. The number of benzene rings is 1. The van der Waals surface area contributed by atoms with Crippen LogP contribution < -0.4 is 10.5 Å². The summed E-state index contributed by atoms with van der Waals surface area (Å²) in [5, 5.41) is -0.162. The molecule has 8 heteroatoms. The maximum Gasteiger partial charge on any atom is 0.258 e. The van der Waals surface area contributed by atoms with E-state index in [1.54, 1.807) is 6.07 Å². The van der Waals surface area contributed by atoms with Crippen LogP contribution >= 0.6 is 11.6 Å². The molecule has 112 valence electrons. The van der Waals surface area contributed by atoms with Gasteiger partial charge in [-0.05, 0) is 29.3 Å². The zero-order valence-electron chi connectivity index (χ0n) is 10.9. The van der Waals surface area contributed by atoms with E-state index in [9.17, 15) is 12.8 Å². The Bertz CT molecular complexity index is 736. The minimum atomic E-state index is -3.75. The fourth-order valence-corrected chi connectivity index (χ4v) is 2.74. The summed E-state index contributed by atoms with van der Waals surface area (Å²) in [5.74, 6) is -0.553. The monoisotopic (exact) mass is 329 g/mol. The molecular formula is C13H13ClFN3O2S. The number of hydrogen-bond donors (Lipinski definition) is 2. The Labute approximate surface area is 127 Å². The van der Waals surface area contributed by atoms with Crippen LogP contribution in [0.3, 0.4) is 0 Å². The summed E-state index contributed by atoms with van der Waals surface area (Å²) < 4.78 is 39.5. The van der Waals surface area contributed by atoms with Gasteiger partial charge in [0.25, 0.3) is 10.0 Å². The molecule has 0 aliphatic carbocycles. The van der Waals surface area contributed by atoms with Crippen LogP contribution in [0.1, 0.15) is 11.1 Å². The zero-order chi connectivity index (χ0) is 15.5. The summed E-state index contributed by atoms with van der Waals surface area (Å²) in [5.41, 5.74) is 6.70. The van der Waals surface area contributed by atoms with Crippen molar-refractivity contribution in [2.45, 2.75) is 18.1 Å². The average molecular weight is 330 g/mol. The van der Waals surface area contributed by atoms with E-state index >= 15 is 0 Å². The van der Waals surface area contributed by atoms with Gasteiger partial charge in [0.15, 0.2) is 5.03 Å². The lowest BCUT2D eigenvalue weighted by atomic mass is 10.2. The number of nitrogens with zero attached hydrogens (tertiary/aromatic N) is 1. The van der Waals surface area contributed by atoms with Crippen molar-refractivity contribution in [3.05, 3.63) is 58.5 Å². The van der Waals surface area contributed by atoms with Crippen LogP contribution in [0, 0.1) is 5.82 Å². The zero-order valence-corrected chi connectivity index (χ0v) is 12.5. The Morgan fingerprint density at radius 2 is 1.95 bits per heavy atom. The number of aromatic nitrogens is 1. The van der Waals surface area contributed by atoms with Crippen LogP contribution in [-0.2, 0) is 23.1 Å². The molecule has 1 aromatic carbocycles. The van der Waals surface area contributed by atoms with Gasteiger partial charge in [0.1, 0.15) is 5.82 Å². The third kappa shape index (κ3) is 3.98. The van der Waals surface area contributed by atoms with Gasteiger partial charge in [-0.1, -0.05) is 23.7 Å². The normalized spacial score (nSPS) is 11.6. The second kappa shape index (κ2) is 6.48. The lowest BCUT2D eigenvalue weighted by Crippen LogP contribution is -2.24. The Morgan fingerprint density at radius 3 is 2.52 bits per heavy atom. The Hall–Kier alpha value is -1.54. The highest BCUT2D eigenvalue weighted by Crippen LogP contribution is 2.16. The Morgan fingerprint density at radius 1 is 1.24 bits per heavy atom. The molecule has 0 radical (unpaired) electrons. The van der Waals surface area contributed by atoms with Crippen LogP contribution in [0.5, 0.6) is 0 Å². The van der Waals surface area contributed by atoms with E-state index in [-0.39, 0.29) is 23.1 Å². The largest absolute Gasteiger partial charge is 0.326 e.